The molecular weight excluding hydrogens is 546 g/mol. The highest BCUT2D eigenvalue weighted by Crippen LogP contribution is 2.52. The first-order valence-corrected chi connectivity index (χ1v) is 15.7. The Labute approximate surface area is 261 Å². The Morgan fingerprint density at radius 3 is 1.60 bits per heavy atom. The number of para-hydroxylation sites is 4. The van der Waals surface area contributed by atoms with Crippen molar-refractivity contribution in [2.75, 3.05) is 4.90 Å². The Morgan fingerprint density at radius 1 is 0.400 bits per heavy atom. The number of fused-ring (bicyclic) bond motifs is 10. The highest BCUT2D eigenvalue weighted by Gasteiger charge is 2.39. The number of rotatable bonds is 3. The molecule has 0 N–H and O–H groups in total. The van der Waals surface area contributed by atoms with Crippen molar-refractivity contribution in [1.29, 1.82) is 0 Å². The highest BCUT2D eigenvalue weighted by molar-refractivity contribution is 6.15. The Bertz CT molecular complexity index is 2440. The molecule has 8 aromatic rings. The van der Waals surface area contributed by atoms with Crippen LogP contribution < -0.4 is 4.90 Å². The maximum absolute atomic E-state index is 2.56. The van der Waals surface area contributed by atoms with Gasteiger partial charge in [-0.3, -0.25) is 0 Å². The summed E-state index contributed by atoms with van der Waals surface area (Å²) >= 11 is 0. The van der Waals surface area contributed by atoms with Crippen LogP contribution >= 0.6 is 0 Å². The lowest BCUT2D eigenvalue weighted by atomic mass is 9.91. The fourth-order valence-electron chi connectivity index (χ4n) is 7.97. The predicted octanol–water partition coefficient (Wildman–Crippen LogP) is 10.6. The largest absolute Gasteiger partial charge is 0.332 e. The highest BCUT2D eigenvalue weighted by atomic mass is 15.2. The van der Waals surface area contributed by atoms with Crippen LogP contribution in [0.25, 0.3) is 55.0 Å². The molecule has 1 aliphatic heterocycles. The zero-order valence-electron chi connectivity index (χ0n) is 24.6. The number of allylic oxidation sites excluding steroid dienone is 2. The van der Waals surface area contributed by atoms with Crippen LogP contribution in [0.2, 0.25) is 0 Å². The van der Waals surface area contributed by atoms with Gasteiger partial charge in [0, 0.05) is 44.5 Å². The minimum atomic E-state index is 0.238. The van der Waals surface area contributed by atoms with Crippen LogP contribution in [-0.4, -0.2) is 15.2 Å². The van der Waals surface area contributed by atoms with Gasteiger partial charge in [-0.25, -0.2) is 0 Å². The van der Waals surface area contributed by atoms with Gasteiger partial charge in [0.05, 0.1) is 33.8 Å². The number of hydrogen-bond acceptors (Lipinski definition) is 1. The van der Waals surface area contributed by atoms with Crippen molar-refractivity contribution < 1.29 is 0 Å². The van der Waals surface area contributed by atoms with Gasteiger partial charge in [-0.2, -0.15) is 0 Å². The maximum Gasteiger partial charge on any atom is 0.0782 e. The van der Waals surface area contributed by atoms with Gasteiger partial charge >= 0.3 is 0 Å². The maximum atomic E-state index is 2.56. The van der Waals surface area contributed by atoms with E-state index in [-0.39, 0.29) is 6.04 Å². The van der Waals surface area contributed by atoms with Crippen LogP contribution in [0.15, 0.2) is 164 Å². The second kappa shape index (κ2) is 9.35. The summed E-state index contributed by atoms with van der Waals surface area (Å²) in [6, 6.07) is 51.2. The molecule has 2 unspecified atom stereocenters. The lowest BCUT2D eigenvalue weighted by Gasteiger charge is -2.29. The van der Waals surface area contributed by atoms with Crippen LogP contribution in [0.4, 0.5) is 11.4 Å². The third-order valence-electron chi connectivity index (χ3n) is 9.83. The van der Waals surface area contributed by atoms with Gasteiger partial charge in [-0.15, -0.1) is 0 Å². The van der Waals surface area contributed by atoms with Crippen molar-refractivity contribution in [3.63, 3.8) is 0 Å². The second-order valence-electron chi connectivity index (χ2n) is 12.1. The van der Waals surface area contributed by atoms with Gasteiger partial charge in [0.2, 0.25) is 0 Å². The zero-order chi connectivity index (χ0) is 29.5. The standard InChI is InChI=1S/C42H29N3/c1-2-12-28(13-3-1)44-39-20-10-6-16-33(39)35-26-27-36-34-17-7-11-21-40(34)45(42(36)41(35)44)30-24-22-29(23-25-30)43-37-18-8-4-14-31(37)32-15-5-9-19-38(32)43/h1-27,33,39H. The third-order valence-corrected chi connectivity index (χ3v) is 9.83. The van der Waals surface area contributed by atoms with E-state index in [4.69, 9.17) is 0 Å². The molecule has 6 aromatic carbocycles. The summed E-state index contributed by atoms with van der Waals surface area (Å²) in [5.74, 6) is 0.304. The first-order chi connectivity index (χ1) is 22.4. The molecule has 0 spiro atoms. The molecule has 3 nitrogen and oxygen atoms in total. The topological polar surface area (TPSA) is 13.1 Å². The van der Waals surface area contributed by atoms with Gasteiger partial charge in [0.25, 0.3) is 0 Å². The monoisotopic (exact) mass is 575 g/mol. The van der Waals surface area contributed by atoms with E-state index in [1.54, 1.807) is 0 Å². The van der Waals surface area contributed by atoms with Gasteiger partial charge in [0.1, 0.15) is 0 Å². The molecule has 3 heterocycles. The molecule has 0 saturated heterocycles. The minimum Gasteiger partial charge on any atom is -0.332 e. The van der Waals surface area contributed by atoms with Gasteiger partial charge in [-0.1, -0.05) is 109 Å². The molecule has 10 rings (SSSR count). The van der Waals surface area contributed by atoms with Crippen molar-refractivity contribution in [2.24, 2.45) is 0 Å². The molecule has 0 bridgehead atoms. The Morgan fingerprint density at radius 2 is 0.933 bits per heavy atom. The number of anilines is 2. The van der Waals surface area contributed by atoms with Crippen molar-refractivity contribution in [3.8, 4) is 11.4 Å². The van der Waals surface area contributed by atoms with Crippen LogP contribution in [0.3, 0.4) is 0 Å². The lowest BCUT2D eigenvalue weighted by molar-refractivity contribution is 0.745. The molecule has 212 valence electrons. The Hall–Kier alpha value is -5.80. The SMILES string of the molecule is C1=CC2c3ccc4c5ccccc5n(-c5ccc(-n6c7ccccc7c7ccccc76)cc5)c4c3N(c3ccccc3)C2C=C1. The molecule has 0 amide bonds. The van der Waals surface area contributed by atoms with Crippen LogP contribution in [-0.2, 0) is 0 Å². The summed E-state index contributed by atoms with van der Waals surface area (Å²) in [5, 5.41) is 5.11. The fraction of sp³-hybridized carbons (Fsp3) is 0.0476. The molecule has 0 radical (unpaired) electrons. The smallest absolute Gasteiger partial charge is 0.0782 e. The molecule has 45 heavy (non-hydrogen) atoms. The molecule has 0 fully saturated rings. The van der Waals surface area contributed by atoms with Crippen LogP contribution in [0, 0.1) is 0 Å². The van der Waals surface area contributed by atoms with E-state index in [0.717, 1.165) is 11.4 Å². The van der Waals surface area contributed by atoms with E-state index in [1.807, 2.05) is 0 Å². The molecule has 3 heteroatoms. The molecule has 1 aliphatic carbocycles. The van der Waals surface area contributed by atoms with Crippen molar-refractivity contribution in [3.05, 3.63) is 169 Å². The fourth-order valence-corrected chi connectivity index (χ4v) is 7.97. The summed E-state index contributed by atoms with van der Waals surface area (Å²) in [5.41, 5.74) is 11.2. The molecule has 2 aliphatic rings. The summed E-state index contributed by atoms with van der Waals surface area (Å²) in [7, 11) is 0. The Balaban J connectivity index is 1.24. The number of nitrogens with zero attached hydrogens (tertiary/aromatic N) is 3. The molecule has 2 atom stereocenters. The van der Waals surface area contributed by atoms with Gasteiger partial charge in [-0.05, 0) is 60.2 Å². The van der Waals surface area contributed by atoms with E-state index in [2.05, 4.69) is 178 Å². The number of hydrogen-bond donors (Lipinski definition) is 0. The third kappa shape index (κ3) is 3.41. The molecule has 0 saturated carbocycles. The quantitative estimate of drug-likeness (QED) is 0.204. The van der Waals surface area contributed by atoms with E-state index in [1.165, 1.54) is 60.5 Å². The normalized spacial score (nSPS) is 17.1. The number of benzene rings is 6. The van der Waals surface area contributed by atoms with E-state index in [0.29, 0.717) is 5.92 Å². The number of aromatic nitrogens is 2. The van der Waals surface area contributed by atoms with Crippen LogP contribution in [0.1, 0.15) is 11.5 Å². The van der Waals surface area contributed by atoms with Crippen LogP contribution in [0.5, 0.6) is 0 Å². The minimum absolute atomic E-state index is 0.238. The second-order valence-corrected chi connectivity index (χ2v) is 12.1. The van der Waals surface area contributed by atoms with E-state index in [9.17, 15) is 0 Å². The predicted molar refractivity (Wildman–Crippen MR) is 189 cm³/mol. The molecular formula is C42H29N3. The Kier molecular flexibility index (Phi) is 5.11. The summed E-state index contributed by atoms with van der Waals surface area (Å²) < 4.78 is 4.87. The van der Waals surface area contributed by atoms with Crippen molar-refractivity contribution >= 4 is 55.0 Å². The lowest BCUT2D eigenvalue weighted by Crippen LogP contribution is -2.28. The first-order valence-electron chi connectivity index (χ1n) is 15.7. The van der Waals surface area contributed by atoms with Crippen molar-refractivity contribution in [1.82, 2.24) is 9.13 Å². The molecule has 2 aromatic heterocycles. The summed E-state index contributed by atoms with van der Waals surface area (Å²) in [6.45, 7) is 0. The summed E-state index contributed by atoms with van der Waals surface area (Å²) in [6.07, 6.45) is 9.12. The van der Waals surface area contributed by atoms with Gasteiger partial charge in [0.15, 0.2) is 0 Å². The van der Waals surface area contributed by atoms with E-state index >= 15 is 0 Å². The van der Waals surface area contributed by atoms with Crippen molar-refractivity contribution in [2.45, 2.75) is 12.0 Å². The van der Waals surface area contributed by atoms with E-state index < -0.39 is 0 Å². The van der Waals surface area contributed by atoms with Gasteiger partial charge < -0.3 is 14.0 Å². The average molecular weight is 576 g/mol. The average Bonchev–Trinajstić information content (AvgIpc) is 3.75. The summed E-state index contributed by atoms with van der Waals surface area (Å²) in [4.78, 5) is 2.56. The first kappa shape index (κ1) is 24.6. The zero-order valence-corrected chi connectivity index (χ0v) is 24.6.